The number of allylic oxidation sites excluding steroid dienone is 5. The Morgan fingerprint density at radius 1 is 1.45 bits per heavy atom. The van der Waals surface area contributed by atoms with Crippen molar-refractivity contribution in [2.75, 3.05) is 12.4 Å². The molecule has 2 rings (SSSR count). The first-order valence-electron chi connectivity index (χ1n) is 9.87. The smallest absolute Gasteiger partial charge is 0.322 e. The number of fused-ring (bicyclic) bond motifs is 1. The second-order valence-corrected chi connectivity index (χ2v) is 5.56. The average molecular weight is 423 g/mol. The lowest BCUT2D eigenvalue weighted by Crippen LogP contribution is -2.37. The van der Waals surface area contributed by atoms with Crippen molar-refractivity contribution in [3.05, 3.63) is 59.7 Å². The number of hydrogen-bond donors (Lipinski definition) is 3. The van der Waals surface area contributed by atoms with Gasteiger partial charge in [0.1, 0.15) is 18.5 Å². The van der Waals surface area contributed by atoms with Crippen LogP contribution in [0.5, 0.6) is 0 Å². The van der Waals surface area contributed by atoms with Crippen LogP contribution in [-0.2, 0) is 4.79 Å². The molecule has 0 amide bonds. The van der Waals surface area contributed by atoms with Crippen molar-refractivity contribution >= 4 is 17.6 Å². The van der Waals surface area contributed by atoms with Gasteiger partial charge in [0.25, 0.3) is 0 Å². The minimum atomic E-state index is -0.920. The third-order valence-electron chi connectivity index (χ3n) is 3.39. The topological polar surface area (TPSA) is 88.4 Å². The number of aliphatic carboxylic acids is 1. The predicted molar refractivity (Wildman–Crippen MR) is 122 cm³/mol. The molecule has 0 fully saturated rings. The van der Waals surface area contributed by atoms with E-state index < -0.39 is 5.97 Å². The first-order valence-corrected chi connectivity index (χ1v) is 10.4. The van der Waals surface area contributed by atoms with E-state index in [0.29, 0.717) is 17.3 Å². The number of nitrogens with zero attached hydrogens (tertiary/aromatic N) is 2. The summed E-state index contributed by atoms with van der Waals surface area (Å²) in [5.41, 5.74) is 2.49. The lowest BCUT2D eigenvalue weighted by atomic mass is 10.2. The summed E-state index contributed by atoms with van der Waals surface area (Å²) in [7, 11) is 0. The highest BCUT2D eigenvalue weighted by Gasteiger charge is 2.31. The molecule has 29 heavy (non-hydrogen) atoms. The molecule has 3 N–H and O–H groups in total. The summed E-state index contributed by atoms with van der Waals surface area (Å²) in [6.07, 6.45) is 9.74. The molecule has 0 aromatic rings. The predicted octanol–water partition coefficient (Wildman–Crippen LogP) is 4.86. The van der Waals surface area contributed by atoms with E-state index >= 15 is 0 Å². The van der Waals surface area contributed by atoms with Crippen LogP contribution in [0.3, 0.4) is 0 Å². The van der Waals surface area contributed by atoms with Gasteiger partial charge < -0.3 is 20.6 Å². The minimum absolute atomic E-state index is 0.161. The van der Waals surface area contributed by atoms with Gasteiger partial charge in [-0.05, 0) is 31.1 Å². The molecule has 1 unspecified atom stereocenters. The first-order chi connectivity index (χ1) is 14.0. The Hall–Kier alpha value is -2.65. The number of alkyl halides is 1. The van der Waals surface area contributed by atoms with E-state index in [-0.39, 0.29) is 12.7 Å². The van der Waals surface area contributed by atoms with Crippen LogP contribution >= 0.6 is 11.6 Å². The molecule has 0 saturated carbocycles. The van der Waals surface area contributed by atoms with E-state index in [2.05, 4.69) is 29.4 Å². The van der Waals surface area contributed by atoms with Gasteiger partial charge >= 0.3 is 5.97 Å². The summed E-state index contributed by atoms with van der Waals surface area (Å²) in [6.45, 7) is 15.2. The lowest BCUT2D eigenvalue weighted by molar-refractivity contribution is -0.135. The van der Waals surface area contributed by atoms with Crippen LogP contribution in [0.2, 0.25) is 0 Å². The van der Waals surface area contributed by atoms with E-state index in [1.165, 1.54) is 0 Å². The van der Waals surface area contributed by atoms with Crippen molar-refractivity contribution in [1.82, 2.24) is 15.5 Å². The summed E-state index contributed by atoms with van der Waals surface area (Å²) in [5, 5.41) is 24.1. The third-order valence-corrected chi connectivity index (χ3v) is 3.61. The normalized spacial score (nSPS) is 16.2. The van der Waals surface area contributed by atoms with E-state index in [9.17, 15) is 4.79 Å². The first kappa shape index (κ1) is 28.6. The van der Waals surface area contributed by atoms with Gasteiger partial charge in [-0.3, -0.25) is 4.79 Å². The highest BCUT2D eigenvalue weighted by molar-refractivity contribution is 6.18. The van der Waals surface area contributed by atoms with Gasteiger partial charge in [-0.1, -0.05) is 46.8 Å². The molecule has 162 valence electrons. The molecule has 0 aliphatic carbocycles. The maximum atomic E-state index is 10.8. The lowest BCUT2D eigenvalue weighted by Gasteiger charge is -2.25. The van der Waals surface area contributed by atoms with Crippen LogP contribution in [0.25, 0.3) is 0 Å². The number of carboxylic acid groups (broad SMARTS) is 1. The molecule has 2 aliphatic rings. The average Bonchev–Trinajstić information content (AvgIpc) is 3.13. The fraction of sp³-hybridized carbons (Fsp3) is 0.455. The SMILES string of the molecule is C=CCCl.CC.CC.CC/C=C(\C)C1=C(NCC(=O)O)N2C=CC(C#N)=CC2N1. The summed E-state index contributed by atoms with van der Waals surface area (Å²) >= 11 is 5.07. The number of nitriles is 1. The highest BCUT2D eigenvalue weighted by Crippen LogP contribution is 2.27. The van der Waals surface area contributed by atoms with Gasteiger partial charge in [-0.15, -0.1) is 18.2 Å². The van der Waals surface area contributed by atoms with Gasteiger partial charge in [-0.2, -0.15) is 5.26 Å². The molecule has 0 radical (unpaired) electrons. The summed E-state index contributed by atoms with van der Waals surface area (Å²) in [5.74, 6) is 0.353. The number of rotatable bonds is 6. The maximum absolute atomic E-state index is 10.8. The van der Waals surface area contributed by atoms with Crippen LogP contribution in [0.1, 0.15) is 48.0 Å². The Bertz CT molecular complexity index is 673. The summed E-state index contributed by atoms with van der Waals surface area (Å²) in [6, 6.07) is 2.11. The van der Waals surface area contributed by atoms with Gasteiger partial charge in [0.2, 0.25) is 0 Å². The Morgan fingerprint density at radius 2 is 2.03 bits per heavy atom. The molecule has 0 bridgehead atoms. The largest absolute Gasteiger partial charge is 0.480 e. The molecule has 0 aromatic carbocycles. The van der Waals surface area contributed by atoms with Crippen LogP contribution < -0.4 is 10.6 Å². The van der Waals surface area contributed by atoms with Crippen LogP contribution in [0.4, 0.5) is 0 Å². The van der Waals surface area contributed by atoms with Crippen molar-refractivity contribution in [3.8, 4) is 6.07 Å². The van der Waals surface area contributed by atoms with E-state index in [1.54, 1.807) is 18.4 Å². The summed E-state index contributed by atoms with van der Waals surface area (Å²) < 4.78 is 0. The molecular weight excluding hydrogens is 388 g/mol. The number of carbonyl (C=O) groups is 1. The number of halogens is 1. The Morgan fingerprint density at radius 3 is 2.48 bits per heavy atom. The molecule has 0 aromatic heterocycles. The molecule has 6 nitrogen and oxygen atoms in total. The van der Waals surface area contributed by atoms with Crippen molar-refractivity contribution in [1.29, 1.82) is 5.26 Å². The zero-order valence-electron chi connectivity index (χ0n) is 18.4. The Balaban J connectivity index is 0. The second kappa shape index (κ2) is 17.4. The zero-order valence-corrected chi connectivity index (χ0v) is 19.2. The van der Waals surface area contributed by atoms with Crippen LogP contribution in [0.15, 0.2) is 59.7 Å². The van der Waals surface area contributed by atoms with E-state index in [0.717, 1.165) is 17.7 Å². The molecular formula is C22H35ClN4O2. The molecule has 0 saturated heterocycles. The van der Waals surface area contributed by atoms with Gasteiger partial charge in [0.05, 0.1) is 17.3 Å². The third kappa shape index (κ3) is 9.91. The highest BCUT2D eigenvalue weighted by atomic mass is 35.5. The molecule has 1 atom stereocenters. The molecule has 0 spiro atoms. The van der Waals surface area contributed by atoms with Gasteiger partial charge in [-0.25, -0.2) is 0 Å². The zero-order chi connectivity index (χ0) is 22.8. The van der Waals surface area contributed by atoms with Crippen LogP contribution in [0, 0.1) is 11.3 Å². The van der Waals surface area contributed by atoms with Crippen molar-refractivity contribution in [2.45, 2.75) is 54.1 Å². The molecule has 2 heterocycles. The summed E-state index contributed by atoms with van der Waals surface area (Å²) in [4.78, 5) is 12.7. The Labute approximate surface area is 180 Å². The molecule has 7 heteroatoms. The number of hydrogen-bond acceptors (Lipinski definition) is 5. The standard InChI is InChI=1S/C15H18N4O2.C3H5Cl.2C2H6/c1-3-4-10(2)14-15(17-9-13(20)21)19-6-5-11(8-16)7-12(19)18-14;1-2-3-4;2*1-2/h4-7,12,17-18H,3,9H2,1-2H3,(H,20,21);2H,1,3H2;2*1-2H3/b10-4+;;;. The van der Waals surface area contributed by atoms with Crippen molar-refractivity contribution in [2.24, 2.45) is 0 Å². The van der Waals surface area contributed by atoms with Crippen molar-refractivity contribution in [3.63, 3.8) is 0 Å². The number of nitrogens with one attached hydrogen (secondary N) is 2. The van der Waals surface area contributed by atoms with Crippen LogP contribution in [-0.4, -0.2) is 34.6 Å². The second-order valence-electron chi connectivity index (χ2n) is 5.26. The Kier molecular flexibility index (Phi) is 17.2. The van der Waals surface area contributed by atoms with Gasteiger partial charge in [0, 0.05) is 12.1 Å². The van der Waals surface area contributed by atoms with E-state index in [4.69, 9.17) is 22.0 Å². The fourth-order valence-corrected chi connectivity index (χ4v) is 2.35. The van der Waals surface area contributed by atoms with Gasteiger partial charge in [0.15, 0.2) is 0 Å². The number of carboxylic acids is 1. The molecule has 2 aliphatic heterocycles. The minimum Gasteiger partial charge on any atom is -0.480 e. The fourth-order valence-electron chi connectivity index (χ4n) is 2.35. The van der Waals surface area contributed by atoms with E-state index in [1.807, 2.05) is 52.5 Å². The quantitative estimate of drug-likeness (QED) is 0.418. The van der Waals surface area contributed by atoms with Crippen molar-refractivity contribution < 1.29 is 9.90 Å². The maximum Gasteiger partial charge on any atom is 0.322 e. The monoisotopic (exact) mass is 422 g/mol.